The number of rotatable bonds is 3. The third-order valence-corrected chi connectivity index (χ3v) is 16.4. The number of carbonyl (C=O) groups excluding carboxylic acids is 1. The number of hydrogen-bond acceptors (Lipinski definition) is 5. The Bertz CT molecular complexity index is 653. The van der Waals surface area contributed by atoms with Gasteiger partial charge in [0.1, 0.15) is 6.10 Å². The second-order valence-corrected chi connectivity index (χ2v) is 22.0. The molecular weight excluding hydrogens is 412 g/mol. The van der Waals surface area contributed by atoms with Crippen molar-refractivity contribution in [2.24, 2.45) is 5.92 Å². The zero-order valence-electron chi connectivity index (χ0n) is 21.2. The van der Waals surface area contributed by atoms with Crippen molar-refractivity contribution < 1.29 is 22.8 Å². The van der Waals surface area contributed by atoms with E-state index < -0.39 is 16.9 Å². The fourth-order valence-corrected chi connectivity index (χ4v) is 10.1. The molecule has 7 heteroatoms. The first-order valence-electron chi connectivity index (χ1n) is 11.2. The maximum absolute atomic E-state index is 12.9. The third kappa shape index (κ3) is 4.80. The van der Waals surface area contributed by atoms with Gasteiger partial charge < -0.3 is 18.0 Å². The molecule has 5 nitrogen and oxygen atoms in total. The lowest BCUT2D eigenvalue weighted by atomic mass is 10.00. The molecule has 0 aliphatic carbocycles. The van der Waals surface area contributed by atoms with Crippen LogP contribution in [0.1, 0.15) is 69.2 Å². The van der Waals surface area contributed by atoms with Crippen LogP contribution in [0, 0.1) is 5.92 Å². The van der Waals surface area contributed by atoms with Crippen molar-refractivity contribution in [3.8, 4) is 0 Å². The Hall–Kier alpha value is -0.476. The van der Waals surface area contributed by atoms with Crippen molar-refractivity contribution in [3.05, 3.63) is 12.2 Å². The van der Waals surface area contributed by atoms with Crippen LogP contribution < -0.4 is 0 Å². The summed E-state index contributed by atoms with van der Waals surface area (Å²) < 4.78 is 25.5. The first-order chi connectivity index (χ1) is 13.3. The van der Waals surface area contributed by atoms with E-state index in [1.54, 1.807) is 0 Å². The maximum Gasteiger partial charge on any atom is 0.349 e. The molecule has 0 radical (unpaired) electrons. The number of hydrogen-bond donors (Lipinski definition) is 0. The maximum atomic E-state index is 12.9. The monoisotopic (exact) mass is 456 g/mol. The average Bonchev–Trinajstić information content (AvgIpc) is 2.56. The molecular formula is C23H44O5Si2. The van der Waals surface area contributed by atoms with Crippen LogP contribution in [-0.2, 0) is 22.8 Å². The molecule has 2 aliphatic rings. The summed E-state index contributed by atoms with van der Waals surface area (Å²) >= 11 is 0. The molecule has 2 aliphatic heterocycles. The lowest BCUT2D eigenvalue weighted by molar-refractivity contribution is -0.154. The van der Waals surface area contributed by atoms with Crippen molar-refractivity contribution >= 4 is 22.8 Å². The first-order valence-corrected chi connectivity index (χ1v) is 15.9. The Balaban J connectivity index is 2.15. The Kier molecular flexibility index (Phi) is 7.00. The molecule has 4 atom stereocenters. The van der Waals surface area contributed by atoms with Gasteiger partial charge in [-0.3, -0.25) is 4.79 Å². The van der Waals surface area contributed by atoms with E-state index in [0.717, 1.165) is 0 Å². The number of carbonyl (C=O) groups is 1. The minimum Gasteiger partial charge on any atom is -0.519 e. The molecule has 0 bridgehead atoms. The fourth-order valence-electron chi connectivity index (χ4n) is 4.17. The van der Waals surface area contributed by atoms with Gasteiger partial charge in [0.05, 0.1) is 24.7 Å². The van der Waals surface area contributed by atoms with Gasteiger partial charge in [-0.2, -0.15) is 0 Å². The molecule has 0 amide bonds. The van der Waals surface area contributed by atoms with Gasteiger partial charge in [-0.25, -0.2) is 0 Å². The SMILES string of the molecule is C[C@H](C(=O)O[Si](C)(C)C(C)(C)C)[C@H]1C=C[C@H]2O[Si](C(C)(C)C)(C(C)(C)C)OC[C@H]2O1. The van der Waals surface area contributed by atoms with E-state index in [4.69, 9.17) is 18.0 Å². The van der Waals surface area contributed by atoms with Crippen LogP contribution in [-0.4, -0.2) is 47.8 Å². The Labute approximate surface area is 186 Å². The smallest absolute Gasteiger partial charge is 0.349 e. The highest BCUT2D eigenvalue weighted by Crippen LogP contribution is 2.54. The highest BCUT2D eigenvalue weighted by atomic mass is 28.4. The Morgan fingerprint density at radius 1 is 1.03 bits per heavy atom. The van der Waals surface area contributed by atoms with Gasteiger partial charge in [0, 0.05) is 10.1 Å². The number of fused-ring (bicyclic) bond motifs is 1. The largest absolute Gasteiger partial charge is 0.519 e. The van der Waals surface area contributed by atoms with Crippen molar-refractivity contribution in [1.82, 2.24) is 0 Å². The van der Waals surface area contributed by atoms with E-state index in [2.05, 4.69) is 81.5 Å². The summed E-state index contributed by atoms with van der Waals surface area (Å²) in [7, 11) is -4.70. The normalized spacial score (nSPS) is 28.6. The van der Waals surface area contributed by atoms with Gasteiger partial charge in [-0.1, -0.05) is 74.5 Å². The molecule has 2 rings (SSSR count). The summed E-state index contributed by atoms with van der Waals surface area (Å²) in [6, 6.07) is 0. The molecule has 1 saturated heterocycles. The minimum absolute atomic E-state index is 0.0182. The Morgan fingerprint density at radius 2 is 1.57 bits per heavy atom. The highest BCUT2D eigenvalue weighted by Gasteiger charge is 2.62. The van der Waals surface area contributed by atoms with E-state index >= 15 is 0 Å². The summed E-state index contributed by atoms with van der Waals surface area (Å²) in [5.41, 5.74) is 0. The summed E-state index contributed by atoms with van der Waals surface area (Å²) in [4.78, 5) is 12.9. The van der Waals surface area contributed by atoms with Crippen LogP contribution in [0.5, 0.6) is 0 Å². The van der Waals surface area contributed by atoms with E-state index in [1.807, 2.05) is 13.0 Å². The molecule has 0 saturated carbocycles. The third-order valence-electron chi connectivity index (χ3n) is 6.94. The zero-order valence-corrected chi connectivity index (χ0v) is 23.2. The average molecular weight is 457 g/mol. The van der Waals surface area contributed by atoms with Gasteiger partial charge in [0.2, 0.25) is 0 Å². The van der Waals surface area contributed by atoms with Crippen LogP contribution in [0.3, 0.4) is 0 Å². The second-order valence-electron chi connectivity index (χ2n) is 12.5. The van der Waals surface area contributed by atoms with Crippen molar-refractivity contribution in [3.63, 3.8) is 0 Å². The first kappa shape index (κ1) is 25.8. The fraction of sp³-hybridized carbons (Fsp3) is 0.870. The van der Waals surface area contributed by atoms with Gasteiger partial charge in [0.15, 0.2) is 0 Å². The second kappa shape index (κ2) is 8.14. The predicted octanol–water partition coefficient (Wildman–Crippen LogP) is 5.95. The summed E-state index contributed by atoms with van der Waals surface area (Å²) in [6.07, 6.45) is 3.40. The molecule has 0 aromatic carbocycles. The van der Waals surface area contributed by atoms with Crippen LogP contribution >= 0.6 is 0 Å². The highest BCUT2D eigenvalue weighted by molar-refractivity contribution is 6.75. The van der Waals surface area contributed by atoms with Crippen molar-refractivity contribution in [2.45, 2.75) is 116 Å². The molecule has 2 heterocycles. The molecule has 174 valence electrons. The molecule has 30 heavy (non-hydrogen) atoms. The zero-order chi connectivity index (χ0) is 23.3. The summed E-state index contributed by atoms with van der Waals surface area (Å²) in [6.45, 7) is 26.2. The van der Waals surface area contributed by atoms with Gasteiger partial charge in [0.25, 0.3) is 14.3 Å². The molecule has 0 spiro atoms. The van der Waals surface area contributed by atoms with Crippen molar-refractivity contribution in [1.29, 1.82) is 0 Å². The van der Waals surface area contributed by atoms with Gasteiger partial charge in [-0.15, -0.1) is 0 Å². The molecule has 0 unspecified atom stereocenters. The summed E-state index contributed by atoms with van der Waals surface area (Å²) in [5.74, 6) is -0.550. The summed E-state index contributed by atoms with van der Waals surface area (Å²) in [5, 5.41) is -0.155. The van der Waals surface area contributed by atoms with Crippen LogP contribution in [0.25, 0.3) is 0 Å². The topological polar surface area (TPSA) is 54.0 Å². The van der Waals surface area contributed by atoms with Crippen LogP contribution in [0.2, 0.25) is 28.2 Å². The van der Waals surface area contributed by atoms with E-state index in [-0.39, 0.29) is 45.3 Å². The molecule has 0 N–H and O–H groups in total. The standard InChI is InChI=1S/C23H44O5Si2/c1-16(20(24)28-29(11,12)21(2,3)4)17-13-14-18-19(26-17)15-25-30(27-18,22(5,6)7)23(8,9)10/h13-14,16-19H,15H2,1-12H3/t16-,17+,18+,19+/m0/s1. The van der Waals surface area contributed by atoms with Gasteiger partial charge >= 0.3 is 8.56 Å². The Morgan fingerprint density at radius 3 is 2.03 bits per heavy atom. The van der Waals surface area contributed by atoms with E-state index in [9.17, 15) is 4.79 Å². The minimum atomic E-state index is -2.54. The van der Waals surface area contributed by atoms with Crippen molar-refractivity contribution in [2.75, 3.05) is 6.61 Å². The van der Waals surface area contributed by atoms with E-state index in [0.29, 0.717) is 6.61 Å². The molecule has 0 aromatic heterocycles. The predicted molar refractivity (Wildman–Crippen MR) is 126 cm³/mol. The van der Waals surface area contributed by atoms with Crippen LogP contribution in [0.15, 0.2) is 12.2 Å². The number of ether oxygens (including phenoxy) is 1. The van der Waals surface area contributed by atoms with Gasteiger partial charge in [-0.05, 0) is 25.1 Å². The lowest BCUT2D eigenvalue weighted by Gasteiger charge is -2.55. The molecule has 0 aromatic rings. The quantitative estimate of drug-likeness (QED) is 0.388. The molecule has 1 fully saturated rings. The lowest BCUT2D eigenvalue weighted by Crippen LogP contribution is -2.65. The van der Waals surface area contributed by atoms with Crippen LogP contribution in [0.4, 0.5) is 0 Å². The van der Waals surface area contributed by atoms with E-state index in [1.165, 1.54) is 0 Å².